The first-order valence-corrected chi connectivity index (χ1v) is 9.53. The van der Waals surface area contributed by atoms with Crippen molar-refractivity contribution in [1.82, 2.24) is 5.32 Å². The van der Waals surface area contributed by atoms with Crippen LogP contribution in [0.3, 0.4) is 0 Å². The van der Waals surface area contributed by atoms with Crippen LogP contribution in [0.2, 0.25) is 0 Å². The van der Waals surface area contributed by atoms with Gasteiger partial charge in [0.25, 0.3) is 0 Å². The molecular weight excluding hydrogens is 394 g/mol. The number of aryl methyl sites for hydroxylation is 2. The van der Waals surface area contributed by atoms with Gasteiger partial charge in [0.1, 0.15) is 11.7 Å². The molecule has 7 heteroatoms. The molecule has 31 heavy (non-hydrogen) atoms. The highest BCUT2D eigenvalue weighted by atomic mass is 16.6. The molecule has 154 valence electrons. The fraction of sp³-hybridized carbons (Fsp3) is 0.0833. The second-order valence-electron chi connectivity index (χ2n) is 7.13. The summed E-state index contributed by atoms with van der Waals surface area (Å²) in [4.78, 5) is 25.5. The Kier molecular flexibility index (Phi) is 5.09. The molecular formula is C24H19N3O4. The molecule has 0 radical (unpaired) electrons. The van der Waals surface area contributed by atoms with Crippen molar-refractivity contribution in [2.45, 2.75) is 13.8 Å². The molecule has 0 unspecified atom stereocenters. The molecule has 3 N–H and O–H groups in total. The molecule has 0 amide bonds. The number of carbonyl (C=O) groups is 2. The lowest BCUT2D eigenvalue weighted by molar-refractivity contribution is 0.0681. The normalized spacial score (nSPS) is 12.2. The molecule has 0 aliphatic carbocycles. The maximum Gasteiger partial charge on any atom is 0.343 e. The van der Waals surface area contributed by atoms with Crippen LogP contribution in [0.4, 0.5) is 0 Å². The van der Waals surface area contributed by atoms with Crippen molar-refractivity contribution < 1.29 is 19.1 Å². The van der Waals surface area contributed by atoms with E-state index in [-0.39, 0.29) is 23.2 Å². The van der Waals surface area contributed by atoms with E-state index in [1.165, 1.54) is 12.1 Å². The molecule has 7 nitrogen and oxygen atoms in total. The zero-order valence-corrected chi connectivity index (χ0v) is 16.9. The molecule has 0 saturated heterocycles. The number of carbonyl (C=O) groups excluding carboxylic acids is 2. The highest BCUT2D eigenvalue weighted by molar-refractivity contribution is 6.23. The van der Waals surface area contributed by atoms with Crippen LogP contribution < -0.4 is 14.8 Å². The van der Waals surface area contributed by atoms with Gasteiger partial charge in [-0.2, -0.15) is 0 Å². The molecule has 0 spiro atoms. The summed E-state index contributed by atoms with van der Waals surface area (Å²) in [6.45, 7) is 3.58. The summed E-state index contributed by atoms with van der Waals surface area (Å²) in [6, 6.07) is 16.8. The molecule has 1 aliphatic heterocycles. The van der Waals surface area contributed by atoms with E-state index < -0.39 is 11.9 Å². The van der Waals surface area contributed by atoms with Crippen molar-refractivity contribution in [3.8, 4) is 11.5 Å². The fourth-order valence-corrected chi connectivity index (χ4v) is 3.31. The molecule has 0 bridgehead atoms. The Bertz CT molecular complexity index is 1170. The molecule has 0 atom stereocenters. The molecule has 0 fully saturated rings. The lowest BCUT2D eigenvalue weighted by Gasteiger charge is -2.14. The molecule has 1 heterocycles. The van der Waals surface area contributed by atoms with Crippen molar-refractivity contribution in [2.75, 3.05) is 0 Å². The highest BCUT2D eigenvalue weighted by Crippen LogP contribution is 2.34. The molecule has 0 saturated carbocycles. The summed E-state index contributed by atoms with van der Waals surface area (Å²) in [5.74, 6) is -1.22. The summed E-state index contributed by atoms with van der Waals surface area (Å²) >= 11 is 0. The molecule has 4 rings (SSSR count). The largest absolute Gasteiger partial charge is 0.419 e. The topological polar surface area (TPSA) is 112 Å². The second kappa shape index (κ2) is 7.87. The van der Waals surface area contributed by atoms with E-state index in [1.54, 1.807) is 50.2 Å². The number of hydrogen-bond acceptors (Lipinski definition) is 6. The number of benzene rings is 3. The van der Waals surface area contributed by atoms with Crippen LogP contribution in [0.1, 0.15) is 43.0 Å². The first kappa shape index (κ1) is 20.0. The minimum atomic E-state index is -0.612. The predicted octanol–water partition coefficient (Wildman–Crippen LogP) is 4.00. The third-order valence-corrected chi connectivity index (χ3v) is 5.01. The van der Waals surface area contributed by atoms with Crippen LogP contribution >= 0.6 is 0 Å². The van der Waals surface area contributed by atoms with E-state index in [1.807, 2.05) is 12.1 Å². The van der Waals surface area contributed by atoms with Gasteiger partial charge in [0.15, 0.2) is 11.5 Å². The zero-order chi connectivity index (χ0) is 22.1. The van der Waals surface area contributed by atoms with Gasteiger partial charge in [-0.1, -0.05) is 36.4 Å². The Balaban J connectivity index is 1.74. The SMILES string of the molecule is Cc1ccccc1C(=O)Oc1cc2c(cc1OC(=O)c1ccccc1C)C(=N)NC2=N. The molecule has 1 aliphatic rings. The Labute approximate surface area is 178 Å². The van der Waals surface area contributed by atoms with Crippen molar-refractivity contribution in [1.29, 1.82) is 10.8 Å². The Morgan fingerprint density at radius 3 is 1.48 bits per heavy atom. The van der Waals surface area contributed by atoms with E-state index in [0.717, 1.165) is 11.1 Å². The lowest BCUT2D eigenvalue weighted by Crippen LogP contribution is -2.20. The number of amidine groups is 2. The number of hydrogen-bond donors (Lipinski definition) is 3. The molecule has 3 aromatic rings. The number of ether oxygens (including phenoxy) is 2. The Hall–Kier alpha value is -4.26. The number of rotatable bonds is 4. The summed E-state index contributed by atoms with van der Waals surface area (Å²) in [5.41, 5.74) is 2.99. The maximum absolute atomic E-state index is 12.8. The van der Waals surface area contributed by atoms with Gasteiger partial charge in [0.2, 0.25) is 0 Å². The average Bonchev–Trinajstić information content (AvgIpc) is 3.01. The van der Waals surface area contributed by atoms with Gasteiger partial charge in [-0.3, -0.25) is 10.8 Å². The average molecular weight is 413 g/mol. The van der Waals surface area contributed by atoms with Crippen molar-refractivity contribution >= 4 is 23.6 Å². The zero-order valence-electron chi connectivity index (χ0n) is 16.9. The third-order valence-electron chi connectivity index (χ3n) is 5.01. The second-order valence-corrected chi connectivity index (χ2v) is 7.13. The fourth-order valence-electron chi connectivity index (χ4n) is 3.31. The number of fused-ring (bicyclic) bond motifs is 1. The Morgan fingerprint density at radius 2 is 1.10 bits per heavy atom. The standard InChI is InChI=1S/C24H19N3O4/c1-13-7-3-5-9-15(13)23(28)30-19-11-17-18(22(26)27-21(17)25)12-20(19)31-24(29)16-10-6-4-8-14(16)2/h3-12H,1-2H3,(H3,25,26,27). The summed E-state index contributed by atoms with van der Waals surface area (Å²) in [7, 11) is 0. The summed E-state index contributed by atoms with van der Waals surface area (Å²) < 4.78 is 11.2. The van der Waals surface area contributed by atoms with E-state index in [0.29, 0.717) is 22.3 Å². The van der Waals surface area contributed by atoms with Gasteiger partial charge in [-0.05, 0) is 49.2 Å². The smallest absolute Gasteiger partial charge is 0.343 e. The van der Waals surface area contributed by atoms with Gasteiger partial charge >= 0.3 is 11.9 Å². The lowest BCUT2D eigenvalue weighted by atomic mass is 10.1. The monoisotopic (exact) mass is 413 g/mol. The van der Waals surface area contributed by atoms with Crippen LogP contribution in [0.5, 0.6) is 11.5 Å². The predicted molar refractivity (Wildman–Crippen MR) is 116 cm³/mol. The minimum absolute atomic E-state index is 0.00446. The van der Waals surface area contributed by atoms with E-state index in [2.05, 4.69) is 5.32 Å². The van der Waals surface area contributed by atoms with Crippen molar-refractivity contribution in [3.63, 3.8) is 0 Å². The van der Waals surface area contributed by atoms with Crippen LogP contribution in [0.25, 0.3) is 0 Å². The van der Waals surface area contributed by atoms with Gasteiger partial charge in [-0.25, -0.2) is 9.59 Å². The Morgan fingerprint density at radius 1 is 0.710 bits per heavy atom. The van der Waals surface area contributed by atoms with Crippen molar-refractivity contribution in [3.05, 3.63) is 94.0 Å². The van der Waals surface area contributed by atoms with E-state index in [9.17, 15) is 9.59 Å². The minimum Gasteiger partial charge on any atom is -0.419 e. The summed E-state index contributed by atoms with van der Waals surface area (Å²) in [5, 5.41) is 18.6. The van der Waals surface area contributed by atoms with Crippen molar-refractivity contribution in [2.24, 2.45) is 0 Å². The van der Waals surface area contributed by atoms with Gasteiger partial charge < -0.3 is 14.8 Å². The highest BCUT2D eigenvalue weighted by Gasteiger charge is 2.27. The first-order chi connectivity index (χ1) is 14.8. The van der Waals surface area contributed by atoms with Gasteiger partial charge in [0.05, 0.1) is 11.1 Å². The molecule has 3 aromatic carbocycles. The van der Waals surface area contributed by atoms with Crippen LogP contribution in [0, 0.1) is 24.7 Å². The molecule has 0 aromatic heterocycles. The van der Waals surface area contributed by atoms with E-state index >= 15 is 0 Å². The summed E-state index contributed by atoms with van der Waals surface area (Å²) in [6.07, 6.45) is 0. The van der Waals surface area contributed by atoms with E-state index in [4.69, 9.17) is 20.3 Å². The van der Waals surface area contributed by atoms with Crippen LogP contribution in [0.15, 0.2) is 60.7 Å². The van der Waals surface area contributed by atoms with Crippen LogP contribution in [-0.4, -0.2) is 23.6 Å². The maximum atomic E-state index is 12.8. The van der Waals surface area contributed by atoms with Gasteiger partial charge in [-0.15, -0.1) is 0 Å². The third kappa shape index (κ3) is 3.81. The van der Waals surface area contributed by atoms with Crippen LogP contribution in [-0.2, 0) is 0 Å². The number of nitrogens with one attached hydrogen (secondary N) is 3. The van der Waals surface area contributed by atoms with Gasteiger partial charge in [0, 0.05) is 11.1 Å². The quantitative estimate of drug-likeness (QED) is 0.442. The first-order valence-electron chi connectivity index (χ1n) is 9.53. The number of esters is 2.